The summed E-state index contributed by atoms with van der Waals surface area (Å²) in [5.41, 5.74) is 2.22. The van der Waals surface area contributed by atoms with Gasteiger partial charge in [-0.2, -0.15) is 5.26 Å². The van der Waals surface area contributed by atoms with Gasteiger partial charge in [-0.25, -0.2) is 9.71 Å². The van der Waals surface area contributed by atoms with Crippen LogP contribution in [0, 0.1) is 16.5 Å². The molecule has 5 heteroatoms. The minimum Gasteiger partial charge on any atom is -0.711 e. The van der Waals surface area contributed by atoms with Crippen LogP contribution < -0.4 is 4.73 Å². The summed E-state index contributed by atoms with van der Waals surface area (Å²) in [6.07, 6.45) is 2.88. The first-order valence-electron chi connectivity index (χ1n) is 5.63. The topological polar surface area (TPSA) is 86.8 Å². The van der Waals surface area contributed by atoms with Gasteiger partial charge in [0.25, 0.3) is 5.65 Å². The summed E-state index contributed by atoms with van der Waals surface area (Å²) < 4.78 is 0.683. The molecule has 3 aromatic rings. The summed E-state index contributed by atoms with van der Waals surface area (Å²) in [6, 6.07) is 10.4. The second-order valence-corrected chi connectivity index (χ2v) is 4.14. The number of nitriles is 1. The molecule has 2 N–H and O–H groups in total. The number of H-pyrrole nitrogens is 1. The van der Waals surface area contributed by atoms with Gasteiger partial charge in [-0.05, 0) is 23.8 Å². The van der Waals surface area contributed by atoms with E-state index < -0.39 is 0 Å². The molecule has 0 saturated carbocycles. The van der Waals surface area contributed by atoms with Crippen LogP contribution in [0.3, 0.4) is 0 Å². The van der Waals surface area contributed by atoms with E-state index in [0.29, 0.717) is 21.3 Å². The Balaban J connectivity index is 0.00000147. The highest BCUT2D eigenvalue weighted by Crippen LogP contribution is 2.30. The summed E-state index contributed by atoms with van der Waals surface area (Å²) in [6.45, 7) is 0. The first kappa shape index (κ1) is 13.4. The average Bonchev–Trinajstić information content (AvgIpc) is 2.84. The molecule has 0 bridgehead atoms. The Kier molecular flexibility index (Phi) is 3.32. The third-order valence-corrected chi connectivity index (χ3v) is 3.00. The maximum absolute atomic E-state index is 11.7. The maximum atomic E-state index is 11.7. The van der Waals surface area contributed by atoms with Crippen molar-refractivity contribution in [2.45, 2.75) is 7.43 Å². The summed E-state index contributed by atoms with van der Waals surface area (Å²) in [5, 5.41) is 30.9. The van der Waals surface area contributed by atoms with Crippen molar-refractivity contribution >= 4 is 11.0 Å². The van der Waals surface area contributed by atoms with Crippen LogP contribution in [0.4, 0.5) is 0 Å². The predicted octanol–water partition coefficient (Wildman–Crippen LogP) is 2.68. The molecule has 0 saturated heterocycles. The number of phenols is 1. The molecule has 5 nitrogen and oxygen atoms in total. The van der Waals surface area contributed by atoms with Crippen LogP contribution in [0.25, 0.3) is 22.2 Å². The molecular weight excluding hydrogens is 254 g/mol. The molecule has 0 spiro atoms. The highest BCUT2D eigenvalue weighted by molar-refractivity contribution is 5.95. The van der Waals surface area contributed by atoms with E-state index in [4.69, 9.17) is 5.26 Å². The van der Waals surface area contributed by atoms with Crippen LogP contribution in [0.2, 0.25) is 0 Å². The van der Waals surface area contributed by atoms with Gasteiger partial charge >= 0.3 is 0 Å². The number of aromatic hydroxyl groups is 1. The fraction of sp³-hybridized carbons (Fsp3) is 0.0667. The molecule has 20 heavy (non-hydrogen) atoms. The Bertz CT molecular complexity index is 816. The first-order valence-corrected chi connectivity index (χ1v) is 5.63. The summed E-state index contributed by atoms with van der Waals surface area (Å²) >= 11 is 0. The van der Waals surface area contributed by atoms with Crippen LogP contribution in [0.5, 0.6) is 5.75 Å². The second kappa shape index (κ2) is 4.94. The van der Waals surface area contributed by atoms with Gasteiger partial charge in [-0.15, -0.1) is 0 Å². The van der Waals surface area contributed by atoms with Crippen molar-refractivity contribution in [3.8, 4) is 22.9 Å². The van der Waals surface area contributed by atoms with Gasteiger partial charge in [-0.3, -0.25) is 0 Å². The lowest BCUT2D eigenvalue weighted by Gasteiger charge is -2.07. The normalized spacial score (nSPS) is 9.95. The maximum Gasteiger partial charge on any atom is 0.291 e. The van der Waals surface area contributed by atoms with Crippen molar-refractivity contribution in [1.29, 1.82) is 5.26 Å². The molecule has 3 rings (SSSR count). The number of nitrogens with one attached hydrogen (secondary N) is 1. The van der Waals surface area contributed by atoms with E-state index in [1.807, 2.05) is 6.07 Å². The van der Waals surface area contributed by atoms with Gasteiger partial charge in [0.1, 0.15) is 23.6 Å². The minimum atomic E-state index is 0. The fourth-order valence-electron chi connectivity index (χ4n) is 2.16. The average molecular weight is 267 g/mol. The molecule has 2 heterocycles. The predicted molar refractivity (Wildman–Crippen MR) is 75.8 cm³/mol. The molecule has 0 atom stereocenters. The molecular formula is C15H13N3O2. The van der Waals surface area contributed by atoms with Crippen LogP contribution in [-0.2, 0) is 0 Å². The quantitative estimate of drug-likeness (QED) is 0.525. The number of pyridine rings is 1. The zero-order chi connectivity index (χ0) is 13.4. The van der Waals surface area contributed by atoms with Crippen molar-refractivity contribution in [3.05, 3.63) is 53.5 Å². The number of hydrogen-bond donors (Lipinski definition) is 2. The van der Waals surface area contributed by atoms with Crippen molar-refractivity contribution in [3.63, 3.8) is 0 Å². The van der Waals surface area contributed by atoms with Gasteiger partial charge in [0.15, 0.2) is 0 Å². The van der Waals surface area contributed by atoms with Crippen LogP contribution in [0.1, 0.15) is 13.0 Å². The number of nitrogens with zero attached hydrogens (tertiary/aromatic N) is 2. The van der Waals surface area contributed by atoms with Gasteiger partial charge < -0.3 is 10.3 Å². The third-order valence-electron chi connectivity index (χ3n) is 3.00. The zero-order valence-electron chi connectivity index (χ0n) is 9.79. The Morgan fingerprint density at radius 1 is 1.30 bits per heavy atom. The van der Waals surface area contributed by atoms with E-state index in [0.717, 1.165) is 11.1 Å². The van der Waals surface area contributed by atoms with Gasteiger partial charge in [-0.1, -0.05) is 19.6 Å². The molecule has 0 amide bonds. The number of aromatic amines is 1. The summed E-state index contributed by atoms with van der Waals surface area (Å²) in [7, 11) is 0. The second-order valence-electron chi connectivity index (χ2n) is 4.14. The third kappa shape index (κ3) is 1.93. The van der Waals surface area contributed by atoms with Crippen molar-refractivity contribution < 1.29 is 9.84 Å². The summed E-state index contributed by atoms with van der Waals surface area (Å²) in [5.74, 6) is 0.138. The number of rotatable bonds is 1. The van der Waals surface area contributed by atoms with Gasteiger partial charge in [0, 0.05) is 5.56 Å². The number of fused-ring (bicyclic) bond motifs is 1. The van der Waals surface area contributed by atoms with E-state index in [2.05, 4.69) is 11.1 Å². The molecule has 1 aromatic carbocycles. The highest BCUT2D eigenvalue weighted by Gasteiger charge is 2.16. The standard InChI is InChI=1S/C14H9N3O2.CH4/c15-7-10-8-16-14-13(10)12(4-5-17(14)19)9-2-1-3-11(18)6-9;/h1-6,8,16,18H;1H4. The van der Waals surface area contributed by atoms with Crippen molar-refractivity contribution in [2.75, 3.05) is 0 Å². The molecule has 0 aliphatic carbocycles. The van der Waals surface area contributed by atoms with Crippen LogP contribution in [0.15, 0.2) is 42.7 Å². The van der Waals surface area contributed by atoms with Crippen molar-refractivity contribution in [1.82, 2.24) is 4.98 Å². The first-order chi connectivity index (χ1) is 9.20. The summed E-state index contributed by atoms with van der Waals surface area (Å²) in [4.78, 5) is 2.80. The number of phenolic OH excluding ortho intramolecular Hbond substituents is 1. The minimum absolute atomic E-state index is 0. The van der Waals surface area contributed by atoms with Gasteiger partial charge in [0.2, 0.25) is 0 Å². The highest BCUT2D eigenvalue weighted by atomic mass is 16.5. The zero-order valence-corrected chi connectivity index (χ0v) is 9.79. The Labute approximate surface area is 115 Å². The van der Waals surface area contributed by atoms with E-state index in [9.17, 15) is 10.3 Å². The van der Waals surface area contributed by atoms with Gasteiger partial charge in [0.05, 0.1) is 11.6 Å². The van der Waals surface area contributed by atoms with Crippen LogP contribution in [-0.4, -0.2) is 10.1 Å². The largest absolute Gasteiger partial charge is 0.711 e. The Morgan fingerprint density at radius 3 is 2.80 bits per heavy atom. The number of benzene rings is 1. The van der Waals surface area contributed by atoms with E-state index in [-0.39, 0.29) is 13.2 Å². The smallest absolute Gasteiger partial charge is 0.291 e. The lowest BCUT2D eigenvalue weighted by atomic mass is 10.0. The SMILES string of the molecule is C.N#Cc1c[nH]c2c1c(-c1cccc(O)c1)cc[n+]2[O-]. The van der Waals surface area contributed by atoms with E-state index in [1.165, 1.54) is 12.4 Å². The van der Waals surface area contributed by atoms with E-state index >= 15 is 0 Å². The number of aromatic nitrogens is 2. The molecule has 2 aromatic heterocycles. The van der Waals surface area contributed by atoms with Crippen LogP contribution >= 0.6 is 0 Å². The lowest BCUT2D eigenvalue weighted by Crippen LogP contribution is -2.26. The molecule has 0 unspecified atom stereocenters. The fourth-order valence-corrected chi connectivity index (χ4v) is 2.16. The molecule has 100 valence electrons. The van der Waals surface area contributed by atoms with E-state index in [1.54, 1.807) is 24.3 Å². The number of hydrogen-bond acceptors (Lipinski definition) is 3. The molecule has 0 aliphatic heterocycles. The molecule has 0 fully saturated rings. The van der Waals surface area contributed by atoms with Crippen molar-refractivity contribution in [2.24, 2.45) is 0 Å². The molecule has 0 radical (unpaired) electrons. The molecule has 0 aliphatic rings. The Morgan fingerprint density at radius 2 is 2.10 bits per heavy atom. The monoisotopic (exact) mass is 267 g/mol. The lowest BCUT2D eigenvalue weighted by molar-refractivity contribution is -0.578. The Hall–Kier alpha value is -3.00.